The molecule has 0 spiro atoms. The Morgan fingerprint density at radius 2 is 1.60 bits per heavy atom. The summed E-state index contributed by atoms with van der Waals surface area (Å²) < 4.78 is 5.84. The summed E-state index contributed by atoms with van der Waals surface area (Å²) in [5.74, 6) is 0.833. The number of aliphatic hydroxyl groups excluding tert-OH is 1. The van der Waals surface area contributed by atoms with Crippen LogP contribution in [0.3, 0.4) is 0 Å². The van der Waals surface area contributed by atoms with Gasteiger partial charge in [0, 0.05) is 0 Å². The Kier molecular flexibility index (Phi) is 4.80. The van der Waals surface area contributed by atoms with Gasteiger partial charge in [0.05, 0.1) is 6.10 Å². The third-order valence-electron chi connectivity index (χ3n) is 3.68. The number of rotatable bonds is 5. The van der Waals surface area contributed by atoms with E-state index in [4.69, 9.17) is 4.74 Å². The molecule has 0 saturated heterocycles. The van der Waals surface area contributed by atoms with Crippen molar-refractivity contribution in [2.75, 3.05) is 0 Å². The van der Waals surface area contributed by atoms with E-state index in [1.807, 2.05) is 31.2 Å². The van der Waals surface area contributed by atoms with Crippen molar-refractivity contribution in [3.05, 3.63) is 64.7 Å². The lowest BCUT2D eigenvalue weighted by atomic mass is 10.0. The van der Waals surface area contributed by atoms with Gasteiger partial charge in [0.25, 0.3) is 0 Å². The van der Waals surface area contributed by atoms with Gasteiger partial charge in [-0.25, -0.2) is 0 Å². The van der Waals surface area contributed by atoms with Gasteiger partial charge in [-0.2, -0.15) is 0 Å². The highest BCUT2D eigenvalue weighted by atomic mass is 16.5. The lowest BCUT2D eigenvalue weighted by molar-refractivity contribution is 0.173. The summed E-state index contributed by atoms with van der Waals surface area (Å²) in [4.78, 5) is 0. The van der Waals surface area contributed by atoms with Gasteiger partial charge in [0.1, 0.15) is 12.4 Å². The molecule has 0 radical (unpaired) electrons. The second-order valence-corrected chi connectivity index (χ2v) is 5.15. The molecule has 0 bridgehead atoms. The van der Waals surface area contributed by atoms with E-state index in [9.17, 15) is 5.11 Å². The molecular weight excluding hydrogens is 248 g/mol. The minimum Gasteiger partial charge on any atom is -0.489 e. The maximum Gasteiger partial charge on any atom is 0.119 e. The van der Waals surface area contributed by atoms with E-state index < -0.39 is 0 Å². The Hall–Kier alpha value is -1.80. The van der Waals surface area contributed by atoms with E-state index in [-0.39, 0.29) is 6.10 Å². The third kappa shape index (κ3) is 3.40. The molecule has 0 saturated carbocycles. The predicted octanol–water partition coefficient (Wildman–Crippen LogP) is 4.33. The van der Waals surface area contributed by atoms with Crippen LogP contribution in [0.5, 0.6) is 5.75 Å². The fourth-order valence-electron chi connectivity index (χ4n) is 2.25. The average Bonchev–Trinajstić information content (AvgIpc) is 2.46. The van der Waals surface area contributed by atoms with Crippen LogP contribution in [0.25, 0.3) is 0 Å². The fraction of sp³-hybridized carbons (Fsp3) is 0.333. The minimum absolute atomic E-state index is 0.386. The molecule has 2 aromatic carbocycles. The van der Waals surface area contributed by atoms with Crippen LogP contribution in [0, 0.1) is 13.8 Å². The van der Waals surface area contributed by atoms with Crippen molar-refractivity contribution < 1.29 is 9.84 Å². The predicted molar refractivity (Wildman–Crippen MR) is 81.9 cm³/mol. The van der Waals surface area contributed by atoms with E-state index >= 15 is 0 Å². The Balaban J connectivity index is 2.04. The van der Waals surface area contributed by atoms with E-state index in [2.05, 4.69) is 32.0 Å². The summed E-state index contributed by atoms with van der Waals surface area (Å²) in [6, 6.07) is 14.0. The van der Waals surface area contributed by atoms with Crippen molar-refractivity contribution >= 4 is 0 Å². The molecule has 2 aromatic rings. The summed E-state index contributed by atoms with van der Waals surface area (Å²) >= 11 is 0. The zero-order valence-electron chi connectivity index (χ0n) is 12.4. The first-order valence-corrected chi connectivity index (χ1v) is 7.07. The van der Waals surface area contributed by atoms with Gasteiger partial charge >= 0.3 is 0 Å². The van der Waals surface area contributed by atoms with Gasteiger partial charge in [-0.3, -0.25) is 0 Å². The van der Waals surface area contributed by atoms with Crippen LogP contribution in [0.4, 0.5) is 0 Å². The zero-order valence-corrected chi connectivity index (χ0v) is 12.4. The van der Waals surface area contributed by atoms with E-state index in [1.165, 1.54) is 16.7 Å². The Morgan fingerprint density at radius 3 is 2.15 bits per heavy atom. The van der Waals surface area contributed by atoms with E-state index in [1.54, 1.807) is 0 Å². The van der Waals surface area contributed by atoms with E-state index in [0.717, 1.165) is 17.7 Å². The van der Waals surface area contributed by atoms with Crippen molar-refractivity contribution in [2.45, 2.75) is 39.9 Å². The highest BCUT2D eigenvalue weighted by molar-refractivity contribution is 5.34. The van der Waals surface area contributed by atoms with Crippen molar-refractivity contribution in [1.29, 1.82) is 0 Å². The number of aryl methyl sites for hydroxylation is 2. The summed E-state index contributed by atoms with van der Waals surface area (Å²) in [6.45, 7) is 6.75. The highest BCUT2D eigenvalue weighted by Crippen LogP contribution is 2.21. The second kappa shape index (κ2) is 6.58. The molecule has 0 amide bonds. The van der Waals surface area contributed by atoms with Crippen LogP contribution in [-0.2, 0) is 6.61 Å². The first-order chi connectivity index (χ1) is 9.61. The molecule has 0 heterocycles. The third-order valence-corrected chi connectivity index (χ3v) is 3.68. The van der Waals surface area contributed by atoms with Crippen molar-refractivity contribution in [1.82, 2.24) is 0 Å². The van der Waals surface area contributed by atoms with Gasteiger partial charge < -0.3 is 9.84 Å². The standard InChI is InChI=1S/C18H22O2/c1-4-18(19)15-8-10-16(11-9-15)20-12-17-13(2)6-5-7-14(17)3/h5-11,18-19H,4,12H2,1-3H3. The van der Waals surface area contributed by atoms with Crippen LogP contribution in [0.15, 0.2) is 42.5 Å². The Morgan fingerprint density at radius 1 is 1.00 bits per heavy atom. The first-order valence-electron chi connectivity index (χ1n) is 7.07. The monoisotopic (exact) mass is 270 g/mol. The Labute approximate surface area is 121 Å². The average molecular weight is 270 g/mol. The topological polar surface area (TPSA) is 29.5 Å². The molecule has 1 unspecified atom stereocenters. The number of ether oxygens (including phenoxy) is 1. The van der Waals surface area contributed by atoms with Gasteiger partial charge in [0.15, 0.2) is 0 Å². The molecule has 20 heavy (non-hydrogen) atoms. The van der Waals surface area contributed by atoms with Gasteiger partial charge in [-0.05, 0) is 54.7 Å². The van der Waals surface area contributed by atoms with Crippen LogP contribution in [-0.4, -0.2) is 5.11 Å². The van der Waals surface area contributed by atoms with Crippen LogP contribution in [0.2, 0.25) is 0 Å². The van der Waals surface area contributed by atoms with Crippen LogP contribution >= 0.6 is 0 Å². The van der Waals surface area contributed by atoms with E-state index in [0.29, 0.717) is 6.61 Å². The van der Waals surface area contributed by atoms with Gasteiger partial charge in [0.2, 0.25) is 0 Å². The summed E-state index contributed by atoms with van der Waals surface area (Å²) in [6.07, 6.45) is 0.338. The number of hydrogen-bond donors (Lipinski definition) is 1. The molecule has 0 aliphatic carbocycles. The maximum absolute atomic E-state index is 9.76. The molecule has 0 aliphatic heterocycles. The quantitative estimate of drug-likeness (QED) is 0.876. The maximum atomic E-state index is 9.76. The van der Waals surface area contributed by atoms with Crippen LogP contribution < -0.4 is 4.74 Å². The first kappa shape index (κ1) is 14.6. The minimum atomic E-state index is -0.386. The zero-order chi connectivity index (χ0) is 14.5. The molecule has 1 atom stereocenters. The molecule has 2 nitrogen and oxygen atoms in total. The SMILES string of the molecule is CCC(O)c1ccc(OCc2c(C)cccc2C)cc1. The lowest BCUT2D eigenvalue weighted by Crippen LogP contribution is -2.01. The van der Waals surface area contributed by atoms with Crippen molar-refractivity contribution in [3.63, 3.8) is 0 Å². The molecule has 106 valence electrons. The molecule has 0 aliphatic rings. The van der Waals surface area contributed by atoms with Gasteiger partial charge in [-0.1, -0.05) is 37.3 Å². The number of benzene rings is 2. The smallest absolute Gasteiger partial charge is 0.119 e. The molecule has 0 aromatic heterocycles. The number of aliphatic hydroxyl groups is 1. The molecule has 2 heteroatoms. The molecule has 2 rings (SSSR count). The summed E-state index contributed by atoms with van der Waals surface area (Å²) in [7, 11) is 0. The fourth-order valence-corrected chi connectivity index (χ4v) is 2.25. The number of hydrogen-bond acceptors (Lipinski definition) is 2. The van der Waals surface area contributed by atoms with Crippen molar-refractivity contribution in [3.8, 4) is 5.75 Å². The molecular formula is C18H22O2. The van der Waals surface area contributed by atoms with Crippen LogP contribution in [0.1, 0.15) is 41.7 Å². The van der Waals surface area contributed by atoms with Crippen molar-refractivity contribution in [2.24, 2.45) is 0 Å². The lowest BCUT2D eigenvalue weighted by Gasteiger charge is -2.13. The Bertz CT molecular complexity index is 538. The highest BCUT2D eigenvalue weighted by Gasteiger charge is 2.06. The second-order valence-electron chi connectivity index (χ2n) is 5.15. The molecule has 0 fully saturated rings. The normalized spacial score (nSPS) is 12.2. The van der Waals surface area contributed by atoms with Gasteiger partial charge in [-0.15, -0.1) is 0 Å². The molecule has 1 N–H and O–H groups in total. The largest absolute Gasteiger partial charge is 0.489 e. The summed E-state index contributed by atoms with van der Waals surface area (Å²) in [5, 5.41) is 9.76. The summed E-state index contributed by atoms with van der Waals surface area (Å²) in [5.41, 5.74) is 4.68.